The van der Waals surface area contributed by atoms with E-state index in [0.717, 1.165) is 16.7 Å². The van der Waals surface area contributed by atoms with Crippen LogP contribution in [-0.4, -0.2) is 27.0 Å². The van der Waals surface area contributed by atoms with Crippen molar-refractivity contribution in [2.24, 2.45) is 0 Å². The van der Waals surface area contributed by atoms with Crippen LogP contribution >= 0.6 is 34.7 Å². The maximum Gasteiger partial charge on any atom is 0.301 e. The van der Waals surface area contributed by atoms with Gasteiger partial charge in [-0.3, -0.25) is 14.5 Å². The highest BCUT2D eigenvalue weighted by Gasteiger charge is 2.48. The summed E-state index contributed by atoms with van der Waals surface area (Å²) in [5, 5.41) is 20.8. The Morgan fingerprint density at radius 2 is 1.76 bits per heavy atom. The fourth-order valence-electron chi connectivity index (χ4n) is 4.23. The van der Waals surface area contributed by atoms with Gasteiger partial charge in [-0.1, -0.05) is 101 Å². The van der Waals surface area contributed by atoms with Crippen molar-refractivity contribution in [3.05, 3.63) is 111 Å². The van der Waals surface area contributed by atoms with Crippen molar-refractivity contribution in [3.8, 4) is 0 Å². The summed E-state index contributed by atoms with van der Waals surface area (Å²) in [6.07, 6.45) is 0. The summed E-state index contributed by atoms with van der Waals surface area (Å²) in [4.78, 5) is 28.1. The van der Waals surface area contributed by atoms with Crippen LogP contribution in [0.25, 0.3) is 5.76 Å². The maximum atomic E-state index is 13.4. The lowest BCUT2D eigenvalue weighted by atomic mass is 9.93. The predicted octanol–water partition coefficient (Wildman–Crippen LogP) is 6.73. The summed E-state index contributed by atoms with van der Waals surface area (Å²) in [5.74, 6) is -1.12. The SMILES string of the molecule is Cc1ccc(C)c(C(O)=C2C(=O)C(=O)N(c3nnc(SCc4ccccc4Cl)s3)C2c2ccccc2)c1. The Bertz CT molecular complexity index is 1530. The number of amides is 1. The van der Waals surface area contributed by atoms with E-state index in [0.29, 0.717) is 26.2 Å². The van der Waals surface area contributed by atoms with Gasteiger partial charge in [0.15, 0.2) is 4.34 Å². The van der Waals surface area contributed by atoms with Gasteiger partial charge in [-0.2, -0.15) is 0 Å². The van der Waals surface area contributed by atoms with Gasteiger partial charge in [-0.15, -0.1) is 10.2 Å². The zero-order chi connectivity index (χ0) is 26.1. The second-order valence-corrected chi connectivity index (χ2v) is 11.2. The number of aryl methyl sites for hydroxylation is 2. The van der Waals surface area contributed by atoms with Crippen LogP contribution in [0, 0.1) is 13.8 Å². The molecule has 0 bridgehead atoms. The number of benzene rings is 3. The number of rotatable bonds is 6. The highest BCUT2D eigenvalue weighted by Crippen LogP contribution is 2.44. The predicted molar refractivity (Wildman–Crippen MR) is 148 cm³/mol. The van der Waals surface area contributed by atoms with Crippen molar-refractivity contribution >= 4 is 57.3 Å². The second kappa shape index (κ2) is 10.5. The molecule has 186 valence electrons. The number of aromatic nitrogens is 2. The topological polar surface area (TPSA) is 83.4 Å². The third-order valence-corrected chi connectivity index (χ3v) is 8.59. The number of thioether (sulfide) groups is 1. The molecule has 5 rings (SSSR count). The summed E-state index contributed by atoms with van der Waals surface area (Å²) in [7, 11) is 0. The van der Waals surface area contributed by atoms with Crippen molar-refractivity contribution in [1.82, 2.24) is 10.2 Å². The summed E-state index contributed by atoms with van der Waals surface area (Å²) in [6.45, 7) is 3.77. The molecular weight excluding hydrogens is 526 g/mol. The molecule has 1 unspecified atom stereocenters. The van der Waals surface area contributed by atoms with Crippen LogP contribution < -0.4 is 4.90 Å². The molecule has 1 atom stereocenters. The molecule has 0 spiro atoms. The molecule has 1 aromatic heterocycles. The van der Waals surface area contributed by atoms with E-state index in [1.807, 2.05) is 86.6 Å². The minimum absolute atomic E-state index is 0.0328. The van der Waals surface area contributed by atoms with Gasteiger partial charge in [0, 0.05) is 16.3 Å². The van der Waals surface area contributed by atoms with Crippen LogP contribution in [0.4, 0.5) is 5.13 Å². The van der Waals surface area contributed by atoms with Crippen LogP contribution in [-0.2, 0) is 15.3 Å². The maximum absolute atomic E-state index is 13.4. The Hall–Kier alpha value is -3.46. The average Bonchev–Trinajstić information content (AvgIpc) is 3.47. The number of halogens is 1. The van der Waals surface area contributed by atoms with Crippen molar-refractivity contribution in [1.29, 1.82) is 0 Å². The lowest BCUT2D eigenvalue weighted by Gasteiger charge is -2.22. The van der Waals surface area contributed by atoms with Crippen LogP contribution in [0.15, 0.2) is 82.7 Å². The Morgan fingerprint density at radius 1 is 1.03 bits per heavy atom. The molecule has 1 aliphatic rings. The number of ketones is 1. The van der Waals surface area contributed by atoms with Crippen molar-refractivity contribution in [2.45, 2.75) is 30.0 Å². The Morgan fingerprint density at radius 3 is 2.51 bits per heavy atom. The summed E-state index contributed by atoms with van der Waals surface area (Å²) < 4.78 is 0.637. The zero-order valence-electron chi connectivity index (χ0n) is 20.0. The first-order valence-corrected chi connectivity index (χ1v) is 13.7. The van der Waals surface area contributed by atoms with Gasteiger partial charge in [0.1, 0.15) is 5.76 Å². The molecule has 4 aromatic rings. The van der Waals surface area contributed by atoms with Crippen LogP contribution in [0.5, 0.6) is 0 Å². The molecule has 1 amide bonds. The molecule has 1 fully saturated rings. The molecule has 0 radical (unpaired) electrons. The number of hydrogen-bond acceptors (Lipinski definition) is 7. The summed E-state index contributed by atoms with van der Waals surface area (Å²) >= 11 is 8.94. The van der Waals surface area contributed by atoms with E-state index in [9.17, 15) is 14.7 Å². The van der Waals surface area contributed by atoms with E-state index in [1.165, 1.54) is 28.0 Å². The highest BCUT2D eigenvalue weighted by atomic mass is 35.5. The molecule has 6 nitrogen and oxygen atoms in total. The Labute approximate surface area is 227 Å². The molecule has 1 aliphatic heterocycles. The third kappa shape index (κ3) is 4.92. The van der Waals surface area contributed by atoms with Gasteiger partial charge in [0.25, 0.3) is 5.78 Å². The highest BCUT2D eigenvalue weighted by molar-refractivity contribution is 8.00. The first-order chi connectivity index (χ1) is 17.8. The second-order valence-electron chi connectivity index (χ2n) is 8.63. The van der Waals surface area contributed by atoms with Gasteiger partial charge in [-0.25, -0.2) is 0 Å². The lowest BCUT2D eigenvalue weighted by Crippen LogP contribution is -2.29. The number of aliphatic hydroxyl groups excluding tert-OH is 1. The van der Waals surface area contributed by atoms with Crippen molar-refractivity contribution in [3.63, 3.8) is 0 Å². The quantitative estimate of drug-likeness (QED) is 0.0947. The molecule has 37 heavy (non-hydrogen) atoms. The molecule has 9 heteroatoms. The summed E-state index contributed by atoms with van der Waals surface area (Å²) in [6, 6.07) is 21.5. The zero-order valence-corrected chi connectivity index (χ0v) is 22.4. The lowest BCUT2D eigenvalue weighted by molar-refractivity contribution is -0.132. The molecule has 0 aliphatic carbocycles. The van der Waals surface area contributed by atoms with E-state index >= 15 is 0 Å². The van der Waals surface area contributed by atoms with Crippen LogP contribution in [0.2, 0.25) is 5.02 Å². The largest absolute Gasteiger partial charge is 0.507 e. The monoisotopic (exact) mass is 547 g/mol. The van der Waals surface area contributed by atoms with Crippen LogP contribution in [0.1, 0.15) is 33.9 Å². The fraction of sp³-hybridized carbons (Fsp3) is 0.143. The third-order valence-electron chi connectivity index (χ3n) is 6.12. The molecule has 1 saturated heterocycles. The van der Waals surface area contributed by atoms with E-state index < -0.39 is 17.7 Å². The number of carbonyl (C=O) groups is 2. The number of carbonyl (C=O) groups excluding carboxylic acids is 2. The van der Waals surface area contributed by atoms with E-state index in [-0.39, 0.29) is 16.5 Å². The first kappa shape index (κ1) is 25.2. The molecule has 0 saturated carbocycles. The van der Waals surface area contributed by atoms with Crippen LogP contribution in [0.3, 0.4) is 0 Å². The van der Waals surface area contributed by atoms with Gasteiger partial charge >= 0.3 is 5.91 Å². The molecule has 1 N–H and O–H groups in total. The fourth-order valence-corrected chi connectivity index (χ4v) is 6.38. The van der Waals surface area contributed by atoms with Gasteiger partial charge in [0.05, 0.1) is 11.6 Å². The molecule has 3 aromatic carbocycles. The smallest absolute Gasteiger partial charge is 0.301 e. The number of hydrogen-bond donors (Lipinski definition) is 1. The molecule has 2 heterocycles. The number of anilines is 1. The number of nitrogens with zero attached hydrogens (tertiary/aromatic N) is 3. The Kier molecular flexibility index (Phi) is 7.15. The Balaban J connectivity index is 1.56. The standard InChI is InChI=1S/C28H22ClN3O3S2/c1-16-12-13-17(2)20(14-16)24(33)22-23(18-8-4-3-5-9-18)32(26(35)25(22)34)27-30-31-28(37-27)36-15-19-10-6-7-11-21(19)29/h3-14,23,33H,15H2,1-2H3. The number of aliphatic hydroxyl groups is 1. The number of Topliss-reactive ketones (excluding diaryl/α,β-unsaturated/α-hetero) is 1. The van der Waals surface area contributed by atoms with Crippen molar-refractivity contribution in [2.75, 3.05) is 4.90 Å². The van der Waals surface area contributed by atoms with Gasteiger partial charge in [0.2, 0.25) is 5.13 Å². The summed E-state index contributed by atoms with van der Waals surface area (Å²) in [5.41, 5.74) is 3.94. The first-order valence-electron chi connectivity index (χ1n) is 11.5. The minimum atomic E-state index is -0.838. The van der Waals surface area contributed by atoms with E-state index in [2.05, 4.69) is 10.2 Å². The van der Waals surface area contributed by atoms with E-state index in [1.54, 1.807) is 0 Å². The van der Waals surface area contributed by atoms with Gasteiger partial charge < -0.3 is 5.11 Å². The normalized spacial score (nSPS) is 16.9. The average molecular weight is 548 g/mol. The van der Waals surface area contributed by atoms with Crippen molar-refractivity contribution < 1.29 is 14.7 Å². The molecular formula is C28H22ClN3O3S2. The van der Waals surface area contributed by atoms with E-state index in [4.69, 9.17) is 11.6 Å². The van der Waals surface area contributed by atoms with Gasteiger partial charge in [-0.05, 0) is 42.7 Å². The minimum Gasteiger partial charge on any atom is -0.507 e.